The van der Waals surface area contributed by atoms with Gasteiger partial charge in [0.15, 0.2) is 10.6 Å². The van der Waals surface area contributed by atoms with Crippen LogP contribution < -0.4 is 20.4 Å². The second kappa shape index (κ2) is 21.6. The molecule has 2 aromatic rings. The van der Waals surface area contributed by atoms with Crippen molar-refractivity contribution in [1.82, 2.24) is 0 Å². The van der Waals surface area contributed by atoms with Crippen LogP contribution in [0.1, 0.15) is 0 Å². The number of carbonyl (C=O) groups excluding carboxylic acids is 4. The molecule has 0 amide bonds. The molecule has 0 spiro atoms. The van der Waals surface area contributed by atoms with Crippen LogP contribution >= 0.6 is 16.1 Å². The van der Waals surface area contributed by atoms with Crippen molar-refractivity contribution >= 4 is 82.3 Å². The van der Waals surface area contributed by atoms with Crippen LogP contribution in [0, 0.1) is 0 Å². The van der Waals surface area contributed by atoms with Gasteiger partial charge in [0.25, 0.3) is 0 Å². The Morgan fingerprint density at radius 1 is 0.458 bits per heavy atom. The maximum atomic E-state index is 11.4. The number of alkyl halides is 12. The first-order valence-corrected chi connectivity index (χ1v) is 15.1. The summed E-state index contributed by atoms with van der Waals surface area (Å²) in [5.41, 5.74) is 0. The Morgan fingerprint density at radius 3 is 0.771 bits per heavy atom. The van der Waals surface area contributed by atoms with E-state index in [4.69, 9.17) is 0 Å². The third-order valence-corrected chi connectivity index (χ3v) is 6.16. The van der Waals surface area contributed by atoms with E-state index < -0.39 is 96.4 Å². The molecule has 12 nitrogen and oxygen atoms in total. The molecular formula is C20H10Al2F12O12P2+2. The van der Waals surface area contributed by atoms with Gasteiger partial charge < -0.3 is 9.79 Å². The molecule has 260 valence electrons. The smallest absolute Gasteiger partial charge is 0.348 e. The van der Waals surface area contributed by atoms with Gasteiger partial charge in [0.2, 0.25) is 0 Å². The summed E-state index contributed by atoms with van der Waals surface area (Å²) in [7, 11) is -4.79. The van der Waals surface area contributed by atoms with E-state index in [0.717, 1.165) is 0 Å². The monoisotopic (exact) mass is 786 g/mol. The van der Waals surface area contributed by atoms with E-state index >= 15 is 0 Å². The normalized spacial score (nSPS) is 11.4. The molecule has 0 radical (unpaired) electrons. The van der Waals surface area contributed by atoms with Gasteiger partial charge in [0, 0.05) is 0 Å². The van der Waals surface area contributed by atoms with Gasteiger partial charge in [-0.15, -0.1) is 0 Å². The summed E-state index contributed by atoms with van der Waals surface area (Å²) in [6, 6.07) is 16.6. The van der Waals surface area contributed by atoms with Gasteiger partial charge in [0.1, 0.15) is 0 Å². The number of benzene rings is 2. The van der Waals surface area contributed by atoms with E-state index in [2.05, 4.69) is 15.2 Å². The molecule has 0 heterocycles. The SMILES string of the molecule is O=C([O][Al+][O]C(=O)C(F)(F)F)C(F)(F)F.O=C([O][Al+][O]C(=O)C(F)(F)F)C(F)(F)F.O=[P+]([O-])c1ccccc1.O=[P+]([O-])c1ccccc1. The van der Waals surface area contributed by atoms with Crippen molar-refractivity contribution in [1.29, 1.82) is 0 Å². The van der Waals surface area contributed by atoms with Crippen LogP contribution in [0.15, 0.2) is 60.7 Å². The summed E-state index contributed by atoms with van der Waals surface area (Å²) in [4.78, 5) is 60.1. The van der Waals surface area contributed by atoms with Gasteiger partial charge in [-0.3, -0.25) is 0 Å². The average molecular weight is 786 g/mol. The summed E-state index contributed by atoms with van der Waals surface area (Å²) in [6.07, 6.45) is -21.3. The van der Waals surface area contributed by atoms with Crippen molar-refractivity contribution < 1.29 is 106 Å². The van der Waals surface area contributed by atoms with Crippen molar-refractivity contribution in [2.75, 3.05) is 0 Å². The van der Waals surface area contributed by atoms with E-state index in [1.165, 1.54) is 0 Å². The molecule has 0 bridgehead atoms. The van der Waals surface area contributed by atoms with Crippen LogP contribution in [0.5, 0.6) is 0 Å². The van der Waals surface area contributed by atoms with E-state index in [1.807, 2.05) is 0 Å². The summed E-state index contributed by atoms with van der Waals surface area (Å²) < 4.78 is 170. The molecule has 2 unspecified atom stereocenters. The molecule has 48 heavy (non-hydrogen) atoms. The molecule has 0 aliphatic carbocycles. The van der Waals surface area contributed by atoms with Crippen molar-refractivity contribution in [3.63, 3.8) is 0 Å². The van der Waals surface area contributed by atoms with E-state index in [0.29, 0.717) is 10.6 Å². The Hall–Kier alpha value is -3.34. The number of halogens is 12. The molecule has 28 heteroatoms. The topological polar surface area (TPSA) is 185 Å². The second-order valence-corrected chi connectivity index (χ2v) is 10.4. The number of rotatable bonds is 6. The molecule has 2 rings (SSSR count). The maximum Gasteiger partial charge on any atom is 0.348 e. The largest absolute Gasteiger partial charge is 0.591 e. The van der Waals surface area contributed by atoms with Crippen molar-refractivity contribution in [3.8, 4) is 0 Å². The zero-order chi connectivity index (χ0) is 37.9. The van der Waals surface area contributed by atoms with Crippen LogP contribution in [0.2, 0.25) is 0 Å². The predicted octanol–water partition coefficient (Wildman–Crippen LogP) is 2.29. The Labute approximate surface area is 273 Å². The van der Waals surface area contributed by atoms with Crippen LogP contribution in [0.4, 0.5) is 52.7 Å². The van der Waals surface area contributed by atoms with Crippen LogP contribution in [-0.4, -0.2) is 80.4 Å². The molecule has 0 saturated heterocycles. The summed E-state index contributed by atoms with van der Waals surface area (Å²) in [6.45, 7) is 0. The van der Waals surface area contributed by atoms with Gasteiger partial charge in [-0.05, 0) is 24.3 Å². The van der Waals surface area contributed by atoms with Crippen LogP contribution in [0.3, 0.4) is 0 Å². The fourth-order valence-corrected chi connectivity index (χ4v) is 3.40. The number of hydrogen-bond donors (Lipinski definition) is 0. The second-order valence-electron chi connectivity index (χ2n) is 6.99. The minimum atomic E-state index is -5.34. The molecular weight excluding hydrogens is 776 g/mol. The minimum Gasteiger partial charge on any atom is -0.591 e. The summed E-state index contributed by atoms with van der Waals surface area (Å²) >= 11 is -4.98. The first-order valence-electron chi connectivity index (χ1n) is 10.8. The quantitative estimate of drug-likeness (QED) is 0.237. The van der Waals surface area contributed by atoms with Crippen LogP contribution in [0.25, 0.3) is 0 Å². The van der Waals surface area contributed by atoms with Gasteiger partial charge in [-0.25, -0.2) is 0 Å². The van der Waals surface area contributed by atoms with Gasteiger partial charge in [-0.2, -0.15) is 0 Å². The van der Waals surface area contributed by atoms with Crippen molar-refractivity contribution in [2.24, 2.45) is 0 Å². The molecule has 0 aliphatic rings. The molecule has 0 N–H and O–H groups in total. The fraction of sp³-hybridized carbons (Fsp3) is 0.200. The standard InChI is InChI=1S/2C6H5O2P.4C2HF3O2.2Al/c2*7-9(8)6-4-2-1-3-5-6;4*3-2(4,5)1(6)7;;/h2*1-5H;4*(H,6,7);;/q;;;;;;2*+3/p-4. The Balaban J connectivity index is 0. The van der Waals surface area contributed by atoms with Crippen molar-refractivity contribution in [3.05, 3.63) is 60.7 Å². The number of hydrogen-bond acceptors (Lipinski definition) is 12. The van der Waals surface area contributed by atoms with Gasteiger partial charge >= 0.3 is 183 Å². The Bertz CT molecular complexity index is 1200. The maximum absolute atomic E-state index is 11.4. The molecule has 0 aliphatic heterocycles. The number of carbonyl (C=O) groups is 4. The molecule has 0 aromatic heterocycles. The Kier molecular flexibility index (Phi) is 21.0. The van der Waals surface area contributed by atoms with Gasteiger partial charge in [0.05, 0.1) is 0 Å². The zero-order valence-electron chi connectivity index (χ0n) is 22.3. The molecule has 0 fully saturated rings. The molecule has 0 saturated carbocycles. The van der Waals surface area contributed by atoms with Gasteiger partial charge in [-0.1, -0.05) is 45.5 Å². The third-order valence-electron chi connectivity index (χ3n) is 3.48. The fourth-order valence-electron chi connectivity index (χ4n) is 1.59. The van der Waals surface area contributed by atoms with Crippen molar-refractivity contribution in [2.45, 2.75) is 24.7 Å². The first-order chi connectivity index (χ1) is 21.7. The molecule has 2 atom stereocenters. The first kappa shape index (κ1) is 46.8. The Morgan fingerprint density at radius 2 is 0.646 bits per heavy atom. The predicted molar refractivity (Wildman–Crippen MR) is 127 cm³/mol. The van der Waals surface area contributed by atoms with E-state index in [1.54, 1.807) is 60.7 Å². The van der Waals surface area contributed by atoms with E-state index in [9.17, 15) is 90.8 Å². The summed E-state index contributed by atoms with van der Waals surface area (Å²) in [5.74, 6) is -10.9. The molecule has 2 aromatic carbocycles. The summed E-state index contributed by atoms with van der Waals surface area (Å²) in [5, 5.41) is 0.736. The average Bonchev–Trinajstić information content (AvgIpc) is 2.97. The van der Waals surface area contributed by atoms with E-state index in [-0.39, 0.29) is 0 Å². The zero-order valence-corrected chi connectivity index (χ0v) is 26.4. The van der Waals surface area contributed by atoms with Crippen LogP contribution in [-0.2, 0) is 43.5 Å². The third kappa shape index (κ3) is 23.1. The minimum absolute atomic E-state index is 0.368.